The molecule has 1 aliphatic heterocycles. The van der Waals surface area contributed by atoms with Gasteiger partial charge in [0.05, 0.1) is 5.69 Å². The molecule has 0 aromatic carbocycles. The lowest BCUT2D eigenvalue weighted by Gasteiger charge is -2.25. The fourth-order valence-electron chi connectivity index (χ4n) is 2.29. The third kappa shape index (κ3) is 3.02. The molecule has 2 heterocycles. The Labute approximate surface area is 96.8 Å². The van der Waals surface area contributed by atoms with E-state index < -0.39 is 0 Å². The van der Waals surface area contributed by atoms with Crippen LogP contribution in [0.25, 0.3) is 0 Å². The highest BCUT2D eigenvalue weighted by Gasteiger charge is 2.17. The maximum atomic E-state index is 4.13. The lowest BCUT2D eigenvalue weighted by Crippen LogP contribution is -2.32. The summed E-state index contributed by atoms with van der Waals surface area (Å²) in [6.45, 7) is 3.20. The quantitative estimate of drug-likeness (QED) is 0.805. The number of aryl methyl sites for hydroxylation is 1. The summed E-state index contributed by atoms with van der Waals surface area (Å²) in [7, 11) is 4.09. The van der Waals surface area contributed by atoms with Crippen LogP contribution >= 0.6 is 0 Å². The lowest BCUT2D eigenvalue weighted by atomic mass is 10.1. The van der Waals surface area contributed by atoms with Gasteiger partial charge in [-0.3, -0.25) is 9.58 Å². The average Bonchev–Trinajstić information content (AvgIpc) is 2.56. The first-order valence-corrected chi connectivity index (χ1v) is 6.02. The van der Waals surface area contributed by atoms with E-state index in [1.165, 1.54) is 19.3 Å². The molecule has 1 N–H and O–H groups in total. The van der Waals surface area contributed by atoms with Gasteiger partial charge in [0, 0.05) is 25.8 Å². The van der Waals surface area contributed by atoms with E-state index in [2.05, 4.69) is 27.6 Å². The van der Waals surface area contributed by atoms with Gasteiger partial charge >= 0.3 is 0 Å². The summed E-state index contributed by atoms with van der Waals surface area (Å²) in [4.78, 5) is 2.40. The van der Waals surface area contributed by atoms with E-state index in [0.29, 0.717) is 6.04 Å². The van der Waals surface area contributed by atoms with Gasteiger partial charge in [-0.25, -0.2) is 0 Å². The van der Waals surface area contributed by atoms with Crippen molar-refractivity contribution in [1.82, 2.24) is 25.2 Å². The van der Waals surface area contributed by atoms with Gasteiger partial charge in [0.1, 0.15) is 0 Å². The predicted molar refractivity (Wildman–Crippen MR) is 63.0 cm³/mol. The van der Waals surface area contributed by atoms with Gasteiger partial charge in [0.2, 0.25) is 0 Å². The van der Waals surface area contributed by atoms with Crippen molar-refractivity contribution >= 4 is 0 Å². The molecule has 90 valence electrons. The number of hydrogen-bond donors (Lipinski definition) is 1. The van der Waals surface area contributed by atoms with Gasteiger partial charge in [-0.15, -0.1) is 5.10 Å². The lowest BCUT2D eigenvalue weighted by molar-refractivity contribution is 0.214. The minimum absolute atomic E-state index is 0.678. The number of rotatable bonds is 3. The van der Waals surface area contributed by atoms with Crippen molar-refractivity contribution in [3.8, 4) is 0 Å². The monoisotopic (exact) mass is 223 g/mol. The highest BCUT2D eigenvalue weighted by molar-refractivity contribution is 4.92. The van der Waals surface area contributed by atoms with E-state index in [1.54, 1.807) is 4.68 Å². The summed E-state index contributed by atoms with van der Waals surface area (Å²) in [6.07, 6.45) is 5.78. The summed E-state index contributed by atoms with van der Waals surface area (Å²) in [5.74, 6) is 0. The molecule has 1 aliphatic rings. The number of hydrogen-bond acceptors (Lipinski definition) is 4. The first-order chi connectivity index (χ1) is 7.75. The van der Waals surface area contributed by atoms with E-state index in [-0.39, 0.29) is 0 Å². The van der Waals surface area contributed by atoms with Crippen molar-refractivity contribution in [2.45, 2.75) is 31.8 Å². The third-order valence-electron chi connectivity index (χ3n) is 3.23. The van der Waals surface area contributed by atoms with Crippen LogP contribution in [-0.4, -0.2) is 46.1 Å². The van der Waals surface area contributed by atoms with Gasteiger partial charge in [-0.2, -0.15) is 0 Å². The number of nitrogens with one attached hydrogen (secondary N) is 1. The maximum Gasteiger partial charge on any atom is 0.0966 e. The molecule has 0 amide bonds. The van der Waals surface area contributed by atoms with Crippen molar-refractivity contribution < 1.29 is 0 Å². The zero-order valence-corrected chi connectivity index (χ0v) is 10.2. The van der Waals surface area contributed by atoms with Crippen LogP contribution in [0.15, 0.2) is 6.20 Å². The van der Waals surface area contributed by atoms with Crippen molar-refractivity contribution in [3.63, 3.8) is 0 Å². The standard InChI is InChI=1S/C11H21N5/c1-15(8-10-9-16(2)14-13-10)11-4-3-6-12-7-5-11/h9,11-12H,3-8H2,1-2H3. The predicted octanol–water partition coefficient (Wildman–Crippen LogP) is 0.389. The van der Waals surface area contributed by atoms with E-state index >= 15 is 0 Å². The Balaban J connectivity index is 1.88. The molecule has 5 nitrogen and oxygen atoms in total. The third-order valence-corrected chi connectivity index (χ3v) is 3.23. The molecule has 0 spiro atoms. The summed E-state index contributed by atoms with van der Waals surface area (Å²) in [6, 6.07) is 0.678. The van der Waals surface area contributed by atoms with Crippen molar-refractivity contribution in [2.24, 2.45) is 7.05 Å². The molecular formula is C11H21N5. The second-order valence-electron chi connectivity index (χ2n) is 4.63. The minimum Gasteiger partial charge on any atom is -0.317 e. The second-order valence-corrected chi connectivity index (χ2v) is 4.63. The number of nitrogens with zero attached hydrogens (tertiary/aromatic N) is 4. The Hall–Kier alpha value is -0.940. The summed E-state index contributed by atoms with van der Waals surface area (Å²) >= 11 is 0. The van der Waals surface area contributed by atoms with E-state index in [1.807, 2.05) is 13.2 Å². The van der Waals surface area contributed by atoms with Crippen LogP contribution < -0.4 is 5.32 Å². The molecule has 1 saturated heterocycles. The zero-order chi connectivity index (χ0) is 11.4. The molecule has 1 atom stereocenters. The van der Waals surface area contributed by atoms with Crippen molar-refractivity contribution in [3.05, 3.63) is 11.9 Å². The topological polar surface area (TPSA) is 46.0 Å². The van der Waals surface area contributed by atoms with E-state index in [0.717, 1.165) is 25.3 Å². The largest absolute Gasteiger partial charge is 0.317 e. The molecule has 0 saturated carbocycles. The van der Waals surface area contributed by atoms with Crippen molar-refractivity contribution in [1.29, 1.82) is 0 Å². The molecule has 16 heavy (non-hydrogen) atoms. The number of aromatic nitrogens is 3. The van der Waals surface area contributed by atoms with Crippen LogP contribution in [0.4, 0.5) is 0 Å². The Morgan fingerprint density at radius 2 is 2.38 bits per heavy atom. The summed E-state index contributed by atoms with van der Waals surface area (Å²) in [5, 5.41) is 11.5. The maximum absolute atomic E-state index is 4.13. The molecule has 1 fully saturated rings. The molecule has 2 rings (SSSR count). The van der Waals surface area contributed by atoms with Gasteiger partial charge in [0.15, 0.2) is 0 Å². The fraction of sp³-hybridized carbons (Fsp3) is 0.818. The Morgan fingerprint density at radius 3 is 3.12 bits per heavy atom. The Morgan fingerprint density at radius 1 is 1.50 bits per heavy atom. The molecule has 0 aliphatic carbocycles. The first kappa shape index (κ1) is 11.5. The van der Waals surface area contributed by atoms with Crippen LogP contribution in [0, 0.1) is 0 Å². The molecule has 1 unspecified atom stereocenters. The molecule has 0 radical (unpaired) electrons. The average molecular weight is 223 g/mol. The Kier molecular flexibility index (Phi) is 3.90. The minimum atomic E-state index is 0.678. The molecular weight excluding hydrogens is 202 g/mol. The van der Waals surface area contributed by atoms with Crippen LogP contribution in [0.1, 0.15) is 25.0 Å². The van der Waals surface area contributed by atoms with E-state index in [9.17, 15) is 0 Å². The molecule has 1 aromatic rings. The van der Waals surface area contributed by atoms with Crippen LogP contribution in [0.5, 0.6) is 0 Å². The second kappa shape index (κ2) is 5.41. The zero-order valence-electron chi connectivity index (χ0n) is 10.2. The van der Waals surface area contributed by atoms with Gasteiger partial charge in [-0.1, -0.05) is 5.21 Å². The molecule has 1 aromatic heterocycles. The SMILES string of the molecule is CN(Cc1cn(C)nn1)C1CCCNCC1. The van der Waals surface area contributed by atoms with Gasteiger partial charge in [-0.05, 0) is 39.4 Å². The smallest absolute Gasteiger partial charge is 0.0966 e. The molecule has 5 heteroatoms. The fourth-order valence-corrected chi connectivity index (χ4v) is 2.29. The van der Waals surface area contributed by atoms with E-state index in [4.69, 9.17) is 0 Å². The van der Waals surface area contributed by atoms with Crippen LogP contribution in [0.3, 0.4) is 0 Å². The normalized spacial score (nSPS) is 22.3. The van der Waals surface area contributed by atoms with Gasteiger partial charge in [0.25, 0.3) is 0 Å². The summed E-state index contributed by atoms with van der Waals surface area (Å²) in [5.41, 5.74) is 1.06. The van der Waals surface area contributed by atoms with Gasteiger partial charge < -0.3 is 5.32 Å². The highest BCUT2D eigenvalue weighted by Crippen LogP contribution is 2.13. The Bertz CT molecular complexity index is 314. The van der Waals surface area contributed by atoms with Crippen LogP contribution in [0.2, 0.25) is 0 Å². The van der Waals surface area contributed by atoms with Crippen LogP contribution in [-0.2, 0) is 13.6 Å². The van der Waals surface area contributed by atoms with Crippen molar-refractivity contribution in [2.75, 3.05) is 20.1 Å². The summed E-state index contributed by atoms with van der Waals surface area (Å²) < 4.78 is 1.76. The highest BCUT2D eigenvalue weighted by atomic mass is 15.4. The molecule has 0 bridgehead atoms. The first-order valence-electron chi connectivity index (χ1n) is 6.02.